The van der Waals surface area contributed by atoms with E-state index in [1.165, 1.54) is 16.7 Å². The van der Waals surface area contributed by atoms with Crippen LogP contribution in [0.25, 0.3) is 0 Å². The molecular weight excluding hydrogens is 302 g/mol. The molecule has 2 aromatic carbocycles. The monoisotopic (exact) mass is 327 g/mol. The van der Waals surface area contributed by atoms with Gasteiger partial charge in [0.25, 0.3) is 0 Å². The van der Waals surface area contributed by atoms with E-state index in [0.717, 1.165) is 11.4 Å². The molecule has 0 unspecified atom stereocenters. The van der Waals surface area contributed by atoms with E-state index in [0.29, 0.717) is 5.75 Å². The molecule has 1 amide bonds. The first kappa shape index (κ1) is 17.6. The van der Waals surface area contributed by atoms with E-state index in [1.807, 2.05) is 31.2 Å². The maximum atomic E-state index is 11.9. The molecule has 3 heteroatoms. The molecule has 0 aliphatic rings. The van der Waals surface area contributed by atoms with Gasteiger partial charge >= 0.3 is 0 Å². The van der Waals surface area contributed by atoms with Gasteiger partial charge in [-0.1, -0.05) is 62.7 Å². The lowest BCUT2D eigenvalue weighted by Crippen LogP contribution is -2.14. The van der Waals surface area contributed by atoms with E-state index < -0.39 is 0 Å². The van der Waals surface area contributed by atoms with Gasteiger partial charge in [-0.05, 0) is 35.6 Å². The Morgan fingerprint density at radius 2 is 1.61 bits per heavy atom. The van der Waals surface area contributed by atoms with E-state index in [-0.39, 0.29) is 11.3 Å². The van der Waals surface area contributed by atoms with Gasteiger partial charge in [-0.25, -0.2) is 0 Å². The lowest BCUT2D eigenvalue weighted by molar-refractivity contribution is -0.113. The highest BCUT2D eigenvalue weighted by Crippen LogP contribution is 2.23. The topological polar surface area (TPSA) is 29.1 Å². The first-order chi connectivity index (χ1) is 10.8. The quantitative estimate of drug-likeness (QED) is 0.821. The van der Waals surface area contributed by atoms with Crippen LogP contribution in [-0.2, 0) is 16.0 Å². The first-order valence-electron chi connectivity index (χ1n) is 7.88. The van der Waals surface area contributed by atoms with Gasteiger partial charge in [0.15, 0.2) is 0 Å². The summed E-state index contributed by atoms with van der Waals surface area (Å²) in [6.07, 6.45) is 0. The van der Waals surface area contributed by atoms with Gasteiger partial charge in [0.1, 0.15) is 0 Å². The van der Waals surface area contributed by atoms with Crippen LogP contribution in [0.5, 0.6) is 0 Å². The SMILES string of the molecule is Cc1ccc(NC(=O)CSCc2ccc(C(C)(C)C)cc2)cc1. The number of rotatable bonds is 5. The minimum Gasteiger partial charge on any atom is -0.325 e. The molecule has 0 aliphatic carbocycles. The highest BCUT2D eigenvalue weighted by molar-refractivity contribution is 7.99. The third kappa shape index (κ3) is 5.76. The molecule has 0 atom stereocenters. The smallest absolute Gasteiger partial charge is 0.234 e. The van der Waals surface area contributed by atoms with Crippen molar-refractivity contribution in [2.24, 2.45) is 0 Å². The second-order valence-corrected chi connectivity index (χ2v) is 7.84. The van der Waals surface area contributed by atoms with E-state index >= 15 is 0 Å². The Bertz CT molecular complexity index is 639. The van der Waals surface area contributed by atoms with Crippen molar-refractivity contribution in [1.82, 2.24) is 0 Å². The van der Waals surface area contributed by atoms with Crippen LogP contribution >= 0.6 is 11.8 Å². The van der Waals surface area contributed by atoms with Gasteiger partial charge in [-0.2, -0.15) is 0 Å². The number of aryl methyl sites for hydroxylation is 1. The van der Waals surface area contributed by atoms with Crippen LogP contribution in [0.1, 0.15) is 37.5 Å². The van der Waals surface area contributed by atoms with Crippen molar-refractivity contribution in [3.8, 4) is 0 Å². The molecule has 0 spiro atoms. The van der Waals surface area contributed by atoms with Crippen LogP contribution in [0.3, 0.4) is 0 Å². The molecular formula is C20H25NOS. The number of anilines is 1. The second-order valence-electron chi connectivity index (χ2n) is 6.85. The minimum absolute atomic E-state index is 0.0464. The molecule has 2 nitrogen and oxygen atoms in total. The molecule has 0 saturated heterocycles. The van der Waals surface area contributed by atoms with Crippen molar-refractivity contribution in [1.29, 1.82) is 0 Å². The Labute approximate surface area is 143 Å². The molecule has 1 N–H and O–H groups in total. The number of amides is 1. The maximum absolute atomic E-state index is 11.9. The van der Waals surface area contributed by atoms with Gasteiger partial charge in [0.05, 0.1) is 5.75 Å². The molecule has 0 bridgehead atoms. The molecule has 0 fully saturated rings. The molecule has 2 rings (SSSR count). The molecule has 0 aliphatic heterocycles. The molecule has 0 radical (unpaired) electrons. The number of benzene rings is 2. The fourth-order valence-electron chi connectivity index (χ4n) is 2.20. The van der Waals surface area contributed by atoms with Crippen LogP contribution < -0.4 is 5.32 Å². The Kier molecular flexibility index (Phi) is 5.89. The summed E-state index contributed by atoms with van der Waals surface area (Å²) in [5.74, 6) is 1.37. The Hall–Kier alpha value is -1.74. The third-order valence-electron chi connectivity index (χ3n) is 3.66. The lowest BCUT2D eigenvalue weighted by Gasteiger charge is -2.19. The van der Waals surface area contributed by atoms with Crippen LogP contribution in [0.4, 0.5) is 5.69 Å². The summed E-state index contributed by atoms with van der Waals surface area (Å²) >= 11 is 1.64. The number of thioether (sulfide) groups is 1. The summed E-state index contributed by atoms with van der Waals surface area (Å²) in [6, 6.07) is 16.5. The fourth-order valence-corrected chi connectivity index (χ4v) is 2.98. The minimum atomic E-state index is 0.0464. The second kappa shape index (κ2) is 7.69. The van der Waals surface area contributed by atoms with Crippen molar-refractivity contribution in [3.63, 3.8) is 0 Å². The van der Waals surface area contributed by atoms with Crippen molar-refractivity contribution in [2.75, 3.05) is 11.1 Å². The highest BCUT2D eigenvalue weighted by Gasteiger charge is 2.12. The zero-order chi connectivity index (χ0) is 16.9. The van der Waals surface area contributed by atoms with Crippen molar-refractivity contribution in [2.45, 2.75) is 38.9 Å². The Balaban J connectivity index is 1.78. The zero-order valence-electron chi connectivity index (χ0n) is 14.3. The molecule has 0 aromatic heterocycles. The van der Waals surface area contributed by atoms with Gasteiger partial charge in [0, 0.05) is 11.4 Å². The number of carbonyl (C=O) groups is 1. The van der Waals surface area contributed by atoms with Gasteiger partial charge < -0.3 is 5.32 Å². The van der Waals surface area contributed by atoms with Crippen molar-refractivity contribution in [3.05, 3.63) is 65.2 Å². The van der Waals surface area contributed by atoms with Crippen LogP contribution in [-0.4, -0.2) is 11.7 Å². The summed E-state index contributed by atoms with van der Waals surface area (Å²) in [7, 11) is 0. The predicted octanol–water partition coefficient (Wildman–Crippen LogP) is 5.16. The number of carbonyl (C=O) groups excluding carboxylic acids is 1. The molecule has 0 saturated carbocycles. The summed E-state index contributed by atoms with van der Waals surface area (Å²) in [6.45, 7) is 8.68. The normalized spacial score (nSPS) is 11.3. The molecule has 2 aromatic rings. The van der Waals surface area contributed by atoms with Gasteiger partial charge in [-0.15, -0.1) is 11.8 Å². The Morgan fingerprint density at radius 1 is 1.00 bits per heavy atom. The molecule has 0 heterocycles. The zero-order valence-corrected chi connectivity index (χ0v) is 15.2. The number of nitrogens with one attached hydrogen (secondary N) is 1. The maximum Gasteiger partial charge on any atom is 0.234 e. The van der Waals surface area contributed by atoms with Gasteiger partial charge in [0.2, 0.25) is 5.91 Å². The average molecular weight is 327 g/mol. The van der Waals surface area contributed by atoms with Crippen LogP contribution in [0, 0.1) is 6.92 Å². The van der Waals surface area contributed by atoms with E-state index in [9.17, 15) is 4.79 Å². The highest BCUT2D eigenvalue weighted by atomic mass is 32.2. The van der Waals surface area contributed by atoms with Crippen molar-refractivity contribution >= 4 is 23.4 Å². The summed E-state index contributed by atoms with van der Waals surface area (Å²) in [5, 5.41) is 2.92. The number of hydrogen-bond acceptors (Lipinski definition) is 2. The van der Waals surface area contributed by atoms with E-state index in [4.69, 9.17) is 0 Å². The summed E-state index contributed by atoms with van der Waals surface area (Å²) in [5.41, 5.74) is 4.82. The van der Waals surface area contributed by atoms with Gasteiger partial charge in [-0.3, -0.25) is 4.79 Å². The first-order valence-corrected chi connectivity index (χ1v) is 9.04. The van der Waals surface area contributed by atoms with Crippen LogP contribution in [0.2, 0.25) is 0 Å². The average Bonchev–Trinajstić information content (AvgIpc) is 2.49. The molecule has 122 valence electrons. The third-order valence-corrected chi connectivity index (χ3v) is 4.66. The Morgan fingerprint density at radius 3 is 2.17 bits per heavy atom. The summed E-state index contributed by atoms with van der Waals surface area (Å²) < 4.78 is 0. The number of hydrogen-bond donors (Lipinski definition) is 1. The standard InChI is InChI=1S/C20H25NOS/c1-15-5-11-18(12-6-15)21-19(22)14-23-13-16-7-9-17(10-8-16)20(2,3)4/h5-12H,13-14H2,1-4H3,(H,21,22). The van der Waals surface area contributed by atoms with Crippen molar-refractivity contribution < 1.29 is 4.79 Å². The fraction of sp³-hybridized carbons (Fsp3) is 0.350. The molecule has 23 heavy (non-hydrogen) atoms. The summed E-state index contributed by atoms with van der Waals surface area (Å²) in [4.78, 5) is 11.9. The predicted molar refractivity (Wildman–Crippen MR) is 101 cm³/mol. The van der Waals surface area contributed by atoms with E-state index in [2.05, 4.69) is 50.4 Å². The van der Waals surface area contributed by atoms with E-state index in [1.54, 1.807) is 11.8 Å². The van der Waals surface area contributed by atoms with Crippen LogP contribution in [0.15, 0.2) is 48.5 Å². The lowest BCUT2D eigenvalue weighted by atomic mass is 9.87. The largest absolute Gasteiger partial charge is 0.325 e.